The zero-order valence-electron chi connectivity index (χ0n) is 10.7. The van der Waals surface area contributed by atoms with Crippen molar-refractivity contribution >= 4 is 11.7 Å². The zero-order valence-corrected chi connectivity index (χ0v) is 10.7. The number of phenolic OH excluding ortho intramolecular Hbond substituents is 1. The Balaban J connectivity index is 3.13. The number of ether oxygens (including phenoxy) is 1. The van der Waals surface area contributed by atoms with Crippen LogP contribution in [0.3, 0.4) is 0 Å². The first-order chi connectivity index (χ1) is 7.74. The molecule has 94 valence electrons. The monoisotopic (exact) mass is 237 g/mol. The van der Waals surface area contributed by atoms with Crippen LogP contribution < -0.4 is 5.73 Å². The number of hydrogen-bond acceptors (Lipinski definition) is 4. The van der Waals surface area contributed by atoms with Crippen molar-refractivity contribution in [2.45, 2.75) is 39.7 Å². The van der Waals surface area contributed by atoms with Gasteiger partial charge in [-0.15, -0.1) is 0 Å². The van der Waals surface area contributed by atoms with Gasteiger partial charge in [-0.1, -0.05) is 6.92 Å². The Kier molecular flexibility index (Phi) is 3.66. The van der Waals surface area contributed by atoms with Crippen molar-refractivity contribution in [2.24, 2.45) is 0 Å². The quantitative estimate of drug-likeness (QED) is 0.471. The Labute approximate surface area is 101 Å². The molecule has 1 aromatic carbocycles. The fraction of sp³-hybridized carbons (Fsp3) is 0.462. The fourth-order valence-corrected chi connectivity index (χ4v) is 1.41. The number of phenols is 1. The van der Waals surface area contributed by atoms with Crippen LogP contribution in [0.25, 0.3) is 0 Å². The van der Waals surface area contributed by atoms with Gasteiger partial charge < -0.3 is 15.6 Å². The van der Waals surface area contributed by atoms with Gasteiger partial charge in [-0.05, 0) is 44.9 Å². The molecule has 1 aromatic rings. The number of nitrogens with two attached hydrogens (primary N) is 1. The maximum Gasteiger partial charge on any atom is 0.342 e. The van der Waals surface area contributed by atoms with E-state index in [1.165, 1.54) is 0 Å². The number of rotatable bonds is 2. The second-order valence-corrected chi connectivity index (χ2v) is 4.94. The Hall–Kier alpha value is -1.71. The van der Waals surface area contributed by atoms with Gasteiger partial charge in [0.2, 0.25) is 0 Å². The zero-order chi connectivity index (χ0) is 13.2. The highest BCUT2D eigenvalue weighted by atomic mass is 16.6. The van der Waals surface area contributed by atoms with Gasteiger partial charge in [0.05, 0.1) is 5.69 Å². The first-order valence-corrected chi connectivity index (χ1v) is 5.59. The Morgan fingerprint density at radius 1 is 1.41 bits per heavy atom. The Bertz CT molecular complexity index is 433. The molecule has 0 saturated heterocycles. The second-order valence-electron chi connectivity index (χ2n) is 4.94. The largest absolute Gasteiger partial charge is 0.505 e. The molecule has 1 rings (SSSR count). The topological polar surface area (TPSA) is 72.5 Å². The molecule has 0 bridgehead atoms. The summed E-state index contributed by atoms with van der Waals surface area (Å²) in [5.74, 6) is -0.770. The Morgan fingerprint density at radius 3 is 2.47 bits per heavy atom. The summed E-state index contributed by atoms with van der Waals surface area (Å²) < 4.78 is 5.20. The summed E-state index contributed by atoms with van der Waals surface area (Å²) in [4.78, 5) is 11.9. The summed E-state index contributed by atoms with van der Waals surface area (Å²) in [6.45, 7) is 7.27. The number of benzene rings is 1. The van der Waals surface area contributed by atoms with Crippen LogP contribution in [0.2, 0.25) is 0 Å². The van der Waals surface area contributed by atoms with Crippen LogP contribution in [0, 0.1) is 0 Å². The van der Waals surface area contributed by atoms with Crippen molar-refractivity contribution < 1.29 is 14.6 Å². The van der Waals surface area contributed by atoms with Crippen molar-refractivity contribution in [1.82, 2.24) is 0 Å². The van der Waals surface area contributed by atoms with Crippen LogP contribution in [-0.2, 0) is 11.2 Å². The van der Waals surface area contributed by atoms with E-state index in [2.05, 4.69) is 0 Å². The molecule has 0 spiro atoms. The predicted octanol–water partition coefficient (Wildman–Crippen LogP) is 2.49. The number of carbonyl (C=O) groups excluding carboxylic acids is 1. The minimum absolute atomic E-state index is 0.122. The third-order valence-electron chi connectivity index (χ3n) is 2.23. The Morgan fingerprint density at radius 2 is 2.00 bits per heavy atom. The normalized spacial score (nSPS) is 11.3. The summed E-state index contributed by atoms with van der Waals surface area (Å²) in [5, 5.41) is 9.76. The van der Waals surface area contributed by atoms with Crippen LogP contribution in [-0.4, -0.2) is 16.7 Å². The SMILES string of the molecule is CCc1cc(N)c(O)c(C(=O)OC(C)(C)C)c1. The fourth-order valence-electron chi connectivity index (χ4n) is 1.41. The first kappa shape index (κ1) is 13.4. The van der Waals surface area contributed by atoms with E-state index in [-0.39, 0.29) is 17.0 Å². The molecule has 3 N–H and O–H groups in total. The van der Waals surface area contributed by atoms with E-state index >= 15 is 0 Å². The van der Waals surface area contributed by atoms with Gasteiger partial charge in [-0.2, -0.15) is 0 Å². The first-order valence-electron chi connectivity index (χ1n) is 5.59. The number of anilines is 1. The molecule has 0 atom stereocenters. The van der Waals surface area contributed by atoms with Crippen LogP contribution in [0.5, 0.6) is 5.75 Å². The lowest BCUT2D eigenvalue weighted by atomic mass is 10.1. The van der Waals surface area contributed by atoms with E-state index in [9.17, 15) is 9.90 Å². The number of esters is 1. The van der Waals surface area contributed by atoms with Crippen LogP contribution in [0.4, 0.5) is 5.69 Å². The summed E-state index contributed by atoms with van der Waals surface area (Å²) in [5.41, 5.74) is 6.26. The molecule has 0 unspecified atom stereocenters. The molecule has 0 heterocycles. The van der Waals surface area contributed by atoms with Gasteiger partial charge in [-0.3, -0.25) is 0 Å². The lowest BCUT2D eigenvalue weighted by molar-refractivity contribution is 0.00668. The average molecular weight is 237 g/mol. The number of aryl methyl sites for hydroxylation is 1. The molecule has 4 nitrogen and oxygen atoms in total. The lowest BCUT2D eigenvalue weighted by Crippen LogP contribution is -2.24. The predicted molar refractivity (Wildman–Crippen MR) is 67.1 cm³/mol. The number of carbonyl (C=O) groups is 1. The molecule has 0 saturated carbocycles. The van der Waals surface area contributed by atoms with Crippen molar-refractivity contribution in [3.05, 3.63) is 23.3 Å². The van der Waals surface area contributed by atoms with Gasteiger partial charge in [0.25, 0.3) is 0 Å². The van der Waals surface area contributed by atoms with Gasteiger partial charge in [0.15, 0.2) is 5.75 Å². The number of nitrogen functional groups attached to an aromatic ring is 1. The van der Waals surface area contributed by atoms with Gasteiger partial charge in [0, 0.05) is 0 Å². The van der Waals surface area contributed by atoms with E-state index in [4.69, 9.17) is 10.5 Å². The molecular formula is C13H19NO3. The van der Waals surface area contributed by atoms with E-state index in [1.807, 2.05) is 6.92 Å². The number of aromatic hydroxyl groups is 1. The van der Waals surface area contributed by atoms with Gasteiger partial charge in [-0.25, -0.2) is 4.79 Å². The average Bonchev–Trinajstić information content (AvgIpc) is 2.19. The van der Waals surface area contributed by atoms with E-state index in [1.54, 1.807) is 32.9 Å². The molecule has 0 fully saturated rings. The number of hydrogen-bond donors (Lipinski definition) is 2. The van der Waals surface area contributed by atoms with Crippen molar-refractivity contribution in [3.8, 4) is 5.75 Å². The van der Waals surface area contributed by atoms with E-state index < -0.39 is 11.6 Å². The highest BCUT2D eigenvalue weighted by molar-refractivity contribution is 5.95. The molecule has 0 radical (unpaired) electrons. The maximum absolute atomic E-state index is 11.9. The third kappa shape index (κ3) is 3.37. The maximum atomic E-state index is 11.9. The lowest BCUT2D eigenvalue weighted by Gasteiger charge is -2.20. The minimum Gasteiger partial charge on any atom is -0.505 e. The molecule has 0 amide bonds. The molecule has 0 aliphatic carbocycles. The van der Waals surface area contributed by atoms with E-state index in [0.717, 1.165) is 12.0 Å². The van der Waals surface area contributed by atoms with Gasteiger partial charge in [0.1, 0.15) is 11.2 Å². The van der Waals surface area contributed by atoms with Crippen molar-refractivity contribution in [2.75, 3.05) is 5.73 Å². The second kappa shape index (κ2) is 4.65. The van der Waals surface area contributed by atoms with E-state index in [0.29, 0.717) is 0 Å². The van der Waals surface area contributed by atoms with Crippen LogP contribution in [0.1, 0.15) is 43.6 Å². The van der Waals surface area contributed by atoms with Crippen molar-refractivity contribution in [1.29, 1.82) is 0 Å². The molecule has 17 heavy (non-hydrogen) atoms. The summed E-state index contributed by atoms with van der Waals surface area (Å²) in [6, 6.07) is 3.27. The highest BCUT2D eigenvalue weighted by Crippen LogP contribution is 2.28. The van der Waals surface area contributed by atoms with Crippen molar-refractivity contribution in [3.63, 3.8) is 0 Å². The molecule has 0 aromatic heterocycles. The van der Waals surface area contributed by atoms with Gasteiger partial charge >= 0.3 is 5.97 Å². The van der Waals surface area contributed by atoms with Crippen LogP contribution in [0.15, 0.2) is 12.1 Å². The van der Waals surface area contributed by atoms with Crippen LogP contribution >= 0.6 is 0 Å². The molecule has 0 aliphatic rings. The molecular weight excluding hydrogens is 218 g/mol. The standard InChI is InChI=1S/C13H19NO3/c1-5-8-6-9(11(15)10(14)7-8)12(16)17-13(2,3)4/h6-7,15H,5,14H2,1-4H3. The molecule has 4 heteroatoms. The minimum atomic E-state index is -0.597. The summed E-state index contributed by atoms with van der Waals surface area (Å²) >= 11 is 0. The summed E-state index contributed by atoms with van der Waals surface area (Å²) in [6.07, 6.45) is 0.736. The third-order valence-corrected chi connectivity index (χ3v) is 2.23. The molecule has 0 aliphatic heterocycles. The highest BCUT2D eigenvalue weighted by Gasteiger charge is 2.22. The smallest absolute Gasteiger partial charge is 0.342 e. The summed E-state index contributed by atoms with van der Waals surface area (Å²) in [7, 11) is 0.